The molecule has 3 nitrogen and oxygen atoms in total. The van der Waals surface area contributed by atoms with Gasteiger partial charge in [0.05, 0.1) is 27.9 Å². The second-order valence-corrected chi connectivity index (χ2v) is 19.2. The summed E-state index contributed by atoms with van der Waals surface area (Å²) in [6, 6.07) is 49.1. The van der Waals surface area contributed by atoms with E-state index in [4.69, 9.17) is 0 Å². The maximum Gasteiger partial charge on any atom is 0.0640 e. The molecule has 2 heterocycles. The van der Waals surface area contributed by atoms with Gasteiger partial charge in [0.25, 0.3) is 0 Å². The molecule has 2 aromatic heterocycles. The SMILES string of the molecule is Cc1cc(N(c2cc(C)c(C)c(C)c2)c2c3ccccc3cc3c2c2cccc4c5c(N(c6cc(C)c(C)c(C)c6)c6cc(C)c(C)c(C)c6)c6ccccc6cc5n3c24)cc(C)c1C. The van der Waals surface area contributed by atoms with Crippen molar-refractivity contribution < 1.29 is 0 Å². The van der Waals surface area contributed by atoms with E-state index in [0.29, 0.717) is 0 Å². The van der Waals surface area contributed by atoms with Gasteiger partial charge in [-0.1, -0.05) is 66.7 Å². The van der Waals surface area contributed by atoms with E-state index in [1.54, 1.807) is 0 Å². The zero-order valence-corrected chi connectivity index (χ0v) is 40.0. The molecule has 0 spiro atoms. The van der Waals surface area contributed by atoms with E-state index >= 15 is 0 Å². The maximum atomic E-state index is 2.60. The van der Waals surface area contributed by atoms with Gasteiger partial charge >= 0.3 is 0 Å². The molecule has 0 aliphatic heterocycles. The highest BCUT2D eigenvalue weighted by atomic mass is 15.2. The van der Waals surface area contributed by atoms with Gasteiger partial charge in [0, 0.05) is 55.1 Å². The number of hydrogen-bond donors (Lipinski definition) is 0. The van der Waals surface area contributed by atoms with Gasteiger partial charge in [-0.05, 0) is 221 Å². The van der Waals surface area contributed by atoms with Crippen LogP contribution in [-0.2, 0) is 0 Å². The Balaban J connectivity index is 1.34. The average Bonchev–Trinajstić information content (AvgIpc) is 3.80. The zero-order valence-electron chi connectivity index (χ0n) is 40.0. The number of aromatic nitrogens is 1. The Kier molecular flexibility index (Phi) is 9.21. The molecule has 0 radical (unpaired) electrons. The molecule has 0 saturated heterocycles. The monoisotopic (exact) mass is 843 g/mol. The minimum atomic E-state index is 1.18. The Morgan fingerprint density at radius 1 is 0.308 bits per heavy atom. The van der Waals surface area contributed by atoms with Crippen molar-refractivity contribution in [1.82, 2.24) is 4.40 Å². The Morgan fingerprint density at radius 2 is 0.585 bits per heavy atom. The quantitative estimate of drug-likeness (QED) is 0.165. The molecular formula is C62H57N3. The Hall–Kier alpha value is -7.10. The molecule has 0 atom stereocenters. The first kappa shape index (κ1) is 40.7. The number of rotatable bonds is 6. The molecule has 11 aromatic rings. The van der Waals surface area contributed by atoms with Crippen LogP contribution in [-0.4, -0.2) is 4.40 Å². The van der Waals surface area contributed by atoms with Gasteiger partial charge in [0.1, 0.15) is 0 Å². The lowest BCUT2D eigenvalue weighted by atomic mass is 9.95. The van der Waals surface area contributed by atoms with Crippen molar-refractivity contribution in [2.24, 2.45) is 0 Å². The molecule has 320 valence electrons. The number of aryl methyl sites for hydroxylation is 8. The van der Waals surface area contributed by atoms with E-state index in [-0.39, 0.29) is 0 Å². The fraction of sp³-hybridized carbons (Fsp3) is 0.194. The molecular weight excluding hydrogens is 787 g/mol. The first-order chi connectivity index (χ1) is 31.2. The zero-order chi connectivity index (χ0) is 45.3. The van der Waals surface area contributed by atoms with Crippen molar-refractivity contribution in [3.63, 3.8) is 0 Å². The lowest BCUT2D eigenvalue weighted by molar-refractivity contribution is 1.20. The molecule has 11 rings (SSSR count). The van der Waals surface area contributed by atoms with Gasteiger partial charge < -0.3 is 14.2 Å². The first-order valence-electron chi connectivity index (χ1n) is 23.2. The summed E-state index contributed by atoms with van der Waals surface area (Å²) in [6.45, 7) is 27.0. The molecule has 0 fully saturated rings. The molecule has 0 unspecified atom stereocenters. The summed E-state index contributed by atoms with van der Waals surface area (Å²) in [6.07, 6.45) is 0. The van der Waals surface area contributed by atoms with Crippen LogP contribution in [0.4, 0.5) is 34.1 Å². The third-order valence-electron chi connectivity index (χ3n) is 15.4. The normalized spacial score (nSPS) is 12.0. The van der Waals surface area contributed by atoms with Crippen molar-refractivity contribution >= 4 is 93.8 Å². The highest BCUT2D eigenvalue weighted by molar-refractivity contribution is 6.33. The largest absolute Gasteiger partial charge is 0.309 e. The van der Waals surface area contributed by atoms with Crippen LogP contribution < -0.4 is 9.80 Å². The molecule has 65 heavy (non-hydrogen) atoms. The summed E-state index contributed by atoms with van der Waals surface area (Å²) < 4.78 is 2.60. The number of benzene rings is 9. The summed E-state index contributed by atoms with van der Waals surface area (Å²) in [7, 11) is 0. The number of para-hydroxylation sites is 1. The first-order valence-corrected chi connectivity index (χ1v) is 23.2. The smallest absolute Gasteiger partial charge is 0.0640 e. The predicted octanol–water partition coefficient (Wildman–Crippen LogP) is 17.8. The lowest BCUT2D eigenvalue weighted by Crippen LogP contribution is -2.13. The number of fused-ring (bicyclic) bond motifs is 8. The Bertz CT molecular complexity index is 3350. The van der Waals surface area contributed by atoms with Gasteiger partial charge in [-0.25, -0.2) is 0 Å². The van der Waals surface area contributed by atoms with Gasteiger partial charge in [-0.15, -0.1) is 0 Å². The Labute approximate surface area is 383 Å². The van der Waals surface area contributed by atoms with E-state index < -0.39 is 0 Å². The summed E-state index contributed by atoms with van der Waals surface area (Å²) in [5.74, 6) is 0. The van der Waals surface area contributed by atoms with Crippen molar-refractivity contribution in [2.75, 3.05) is 9.80 Å². The van der Waals surface area contributed by atoms with E-state index in [2.05, 4.69) is 225 Å². The van der Waals surface area contributed by atoms with Crippen LogP contribution in [0.15, 0.2) is 127 Å². The maximum absolute atomic E-state index is 2.60. The second kappa shape index (κ2) is 14.7. The van der Waals surface area contributed by atoms with Crippen LogP contribution in [0.1, 0.15) is 66.8 Å². The van der Waals surface area contributed by atoms with Gasteiger partial charge in [0.15, 0.2) is 0 Å². The molecule has 3 heteroatoms. The third kappa shape index (κ3) is 6.01. The van der Waals surface area contributed by atoms with Crippen molar-refractivity contribution in [3.8, 4) is 0 Å². The lowest BCUT2D eigenvalue weighted by Gasteiger charge is -2.30. The van der Waals surface area contributed by atoms with Crippen molar-refractivity contribution in [3.05, 3.63) is 194 Å². The van der Waals surface area contributed by atoms with Crippen molar-refractivity contribution in [1.29, 1.82) is 0 Å². The highest BCUT2D eigenvalue weighted by Crippen LogP contribution is 2.53. The highest BCUT2D eigenvalue weighted by Gasteiger charge is 2.30. The number of hydrogen-bond acceptors (Lipinski definition) is 2. The minimum Gasteiger partial charge on any atom is -0.309 e. The summed E-state index contributed by atoms with van der Waals surface area (Å²) >= 11 is 0. The van der Waals surface area contributed by atoms with E-state index in [1.165, 1.54) is 161 Å². The molecule has 0 aliphatic rings. The van der Waals surface area contributed by atoms with Crippen LogP contribution in [0.25, 0.3) is 59.6 Å². The van der Waals surface area contributed by atoms with Gasteiger partial charge in [-0.3, -0.25) is 0 Å². The van der Waals surface area contributed by atoms with Crippen LogP contribution in [0.5, 0.6) is 0 Å². The summed E-state index contributed by atoms with van der Waals surface area (Å²) in [5.41, 5.74) is 26.5. The fourth-order valence-electron chi connectivity index (χ4n) is 10.9. The van der Waals surface area contributed by atoms with Crippen LogP contribution in [0.2, 0.25) is 0 Å². The second-order valence-electron chi connectivity index (χ2n) is 19.2. The topological polar surface area (TPSA) is 10.9 Å². The molecule has 0 aliphatic carbocycles. The van der Waals surface area contributed by atoms with Crippen molar-refractivity contribution in [2.45, 2.75) is 83.1 Å². The fourth-order valence-corrected chi connectivity index (χ4v) is 10.9. The van der Waals surface area contributed by atoms with E-state index in [0.717, 1.165) is 0 Å². The summed E-state index contributed by atoms with van der Waals surface area (Å²) in [5, 5.41) is 9.94. The van der Waals surface area contributed by atoms with Crippen LogP contribution in [0.3, 0.4) is 0 Å². The minimum absolute atomic E-state index is 1.18. The van der Waals surface area contributed by atoms with Gasteiger partial charge in [-0.2, -0.15) is 0 Å². The van der Waals surface area contributed by atoms with Gasteiger partial charge in [0.2, 0.25) is 0 Å². The Morgan fingerprint density at radius 3 is 0.892 bits per heavy atom. The molecule has 0 amide bonds. The predicted molar refractivity (Wildman–Crippen MR) is 282 cm³/mol. The van der Waals surface area contributed by atoms with E-state index in [9.17, 15) is 0 Å². The standard InChI is InChI=1S/C62H57N3/c1-34-24-48(25-35(2)42(34)9)63(49-26-36(3)43(10)37(4)27-49)61-52-20-15-13-18-46(52)32-56-58(61)54-22-17-23-55-59-57(65(56)60(54)55)33-47-19-14-16-21-53(47)62(59)64(50-28-38(5)44(11)39(6)29-50)51-30-40(7)45(12)41(8)31-51/h13-33H,1-12H3. The molecule has 0 bridgehead atoms. The number of nitrogens with zero attached hydrogens (tertiary/aromatic N) is 3. The summed E-state index contributed by atoms with van der Waals surface area (Å²) in [4.78, 5) is 5.14. The molecule has 0 N–H and O–H groups in total. The third-order valence-corrected chi connectivity index (χ3v) is 15.4. The average molecular weight is 844 g/mol. The molecule has 0 saturated carbocycles. The van der Waals surface area contributed by atoms with Crippen LogP contribution in [0, 0.1) is 83.1 Å². The van der Waals surface area contributed by atoms with E-state index in [1.807, 2.05) is 0 Å². The molecule has 9 aromatic carbocycles. The van der Waals surface area contributed by atoms with Crippen LogP contribution >= 0.6 is 0 Å². The number of anilines is 6.